The molecule has 0 spiro atoms. The highest BCUT2D eigenvalue weighted by Gasteiger charge is 2.30. The van der Waals surface area contributed by atoms with Gasteiger partial charge in [-0.05, 0) is 30.9 Å². The van der Waals surface area contributed by atoms with E-state index < -0.39 is 0 Å². The van der Waals surface area contributed by atoms with Crippen LogP contribution < -0.4 is 10.1 Å². The average molecular weight is 373 g/mol. The molecule has 3 amide bonds. The van der Waals surface area contributed by atoms with Crippen LogP contribution in [0, 0.1) is 5.92 Å². The fourth-order valence-electron chi connectivity index (χ4n) is 3.72. The summed E-state index contributed by atoms with van der Waals surface area (Å²) in [5, 5.41) is 3.14. The summed E-state index contributed by atoms with van der Waals surface area (Å²) in [5.74, 6) is 1.47. The van der Waals surface area contributed by atoms with Crippen LogP contribution in [0.4, 0.5) is 4.79 Å². The Bertz CT molecular complexity index is 627. The number of ether oxygens (including phenoxy) is 1. The zero-order valence-electron chi connectivity index (χ0n) is 16.4. The molecule has 1 aromatic carbocycles. The van der Waals surface area contributed by atoms with E-state index >= 15 is 0 Å². The van der Waals surface area contributed by atoms with Gasteiger partial charge in [0.05, 0.1) is 6.54 Å². The van der Waals surface area contributed by atoms with Gasteiger partial charge in [-0.1, -0.05) is 32.0 Å². The second kappa shape index (κ2) is 9.11. The normalized spacial score (nSPS) is 20.8. The minimum atomic E-state index is -0.0129. The Morgan fingerprint density at radius 2 is 1.74 bits per heavy atom. The van der Waals surface area contributed by atoms with Gasteiger partial charge in [-0.15, -0.1) is 0 Å². The molecule has 0 saturated carbocycles. The molecule has 1 N–H and O–H groups in total. The average Bonchev–Trinajstić information content (AvgIpc) is 3.11. The molecule has 27 heavy (non-hydrogen) atoms. The predicted octanol–water partition coefficient (Wildman–Crippen LogP) is 2.89. The first-order valence-electron chi connectivity index (χ1n) is 10.1. The summed E-state index contributed by atoms with van der Waals surface area (Å²) in [5.41, 5.74) is 0. The Morgan fingerprint density at radius 1 is 1.07 bits per heavy atom. The molecule has 0 bridgehead atoms. The highest BCUT2D eigenvalue weighted by atomic mass is 16.5. The van der Waals surface area contributed by atoms with Crippen LogP contribution in [0.5, 0.6) is 5.75 Å². The number of nitrogens with zero attached hydrogens (tertiary/aromatic N) is 2. The summed E-state index contributed by atoms with van der Waals surface area (Å²) in [7, 11) is 0. The van der Waals surface area contributed by atoms with Crippen LogP contribution in [-0.2, 0) is 4.79 Å². The number of likely N-dealkylation sites (tertiary alicyclic amines) is 2. The number of urea groups is 1. The third kappa shape index (κ3) is 5.62. The van der Waals surface area contributed by atoms with Gasteiger partial charge in [0.2, 0.25) is 5.91 Å². The summed E-state index contributed by atoms with van der Waals surface area (Å²) < 4.78 is 5.95. The largest absolute Gasteiger partial charge is 0.489 e. The van der Waals surface area contributed by atoms with Gasteiger partial charge in [0.15, 0.2) is 0 Å². The second-order valence-corrected chi connectivity index (χ2v) is 7.99. The van der Waals surface area contributed by atoms with Crippen LogP contribution in [0.3, 0.4) is 0 Å². The SMILES string of the molecule is CC(C)CC(=O)N1CCC(NC(=O)N2CC[C@H](Oc3ccccc3)C2)CC1. The smallest absolute Gasteiger partial charge is 0.317 e. The third-order valence-corrected chi connectivity index (χ3v) is 5.24. The van der Waals surface area contributed by atoms with E-state index in [0.717, 1.165) is 44.6 Å². The van der Waals surface area contributed by atoms with E-state index in [0.29, 0.717) is 18.9 Å². The third-order valence-electron chi connectivity index (χ3n) is 5.24. The number of carbonyl (C=O) groups is 2. The lowest BCUT2D eigenvalue weighted by Gasteiger charge is -2.33. The van der Waals surface area contributed by atoms with Gasteiger partial charge in [0.1, 0.15) is 11.9 Å². The number of rotatable bonds is 5. The number of carbonyl (C=O) groups excluding carboxylic acids is 2. The van der Waals surface area contributed by atoms with Crippen molar-refractivity contribution in [3.05, 3.63) is 30.3 Å². The van der Waals surface area contributed by atoms with Crippen LogP contribution in [0.25, 0.3) is 0 Å². The van der Waals surface area contributed by atoms with E-state index in [9.17, 15) is 9.59 Å². The highest BCUT2D eigenvalue weighted by molar-refractivity contribution is 5.77. The zero-order valence-corrected chi connectivity index (χ0v) is 16.4. The van der Waals surface area contributed by atoms with Crippen LogP contribution in [0.2, 0.25) is 0 Å². The summed E-state index contributed by atoms with van der Waals surface area (Å²) in [6, 6.07) is 9.88. The topological polar surface area (TPSA) is 61.9 Å². The molecule has 0 radical (unpaired) electrons. The standard InChI is InChI=1S/C21H31N3O3/c1-16(2)14-20(25)23-11-8-17(9-12-23)22-21(26)24-13-10-19(15-24)27-18-6-4-3-5-7-18/h3-7,16-17,19H,8-15H2,1-2H3,(H,22,26)/t19-/m0/s1. The van der Waals surface area contributed by atoms with Crippen molar-refractivity contribution in [3.8, 4) is 5.75 Å². The number of nitrogens with one attached hydrogen (secondary N) is 1. The molecule has 148 valence electrons. The van der Waals surface area contributed by atoms with Gasteiger partial charge in [-0.25, -0.2) is 4.79 Å². The number of piperidine rings is 1. The molecular formula is C21H31N3O3. The van der Waals surface area contributed by atoms with E-state index in [2.05, 4.69) is 19.2 Å². The maximum Gasteiger partial charge on any atom is 0.317 e. The molecular weight excluding hydrogens is 342 g/mol. The fraction of sp³-hybridized carbons (Fsp3) is 0.619. The molecule has 0 unspecified atom stereocenters. The van der Waals surface area contributed by atoms with Crippen LogP contribution in [0.1, 0.15) is 39.5 Å². The molecule has 2 aliphatic rings. The van der Waals surface area contributed by atoms with Crippen molar-refractivity contribution in [2.24, 2.45) is 5.92 Å². The Kier molecular flexibility index (Phi) is 6.58. The summed E-state index contributed by atoms with van der Waals surface area (Å²) in [4.78, 5) is 28.5. The Balaban J connectivity index is 1.39. The van der Waals surface area contributed by atoms with E-state index in [4.69, 9.17) is 4.74 Å². The summed E-state index contributed by atoms with van der Waals surface area (Å²) >= 11 is 0. The van der Waals surface area contributed by atoms with Gasteiger partial charge in [0.25, 0.3) is 0 Å². The lowest BCUT2D eigenvalue weighted by atomic mass is 10.0. The van der Waals surface area contributed by atoms with Crippen molar-refractivity contribution < 1.29 is 14.3 Å². The minimum absolute atomic E-state index is 0.0129. The minimum Gasteiger partial charge on any atom is -0.489 e. The lowest BCUT2D eigenvalue weighted by molar-refractivity contribution is -0.133. The highest BCUT2D eigenvalue weighted by Crippen LogP contribution is 2.19. The van der Waals surface area contributed by atoms with Crippen molar-refractivity contribution in [1.82, 2.24) is 15.1 Å². The molecule has 2 fully saturated rings. The monoisotopic (exact) mass is 373 g/mol. The first kappa shape index (κ1) is 19.5. The van der Waals surface area contributed by atoms with Crippen molar-refractivity contribution in [3.63, 3.8) is 0 Å². The number of amides is 3. The lowest BCUT2D eigenvalue weighted by Crippen LogP contribution is -2.50. The summed E-state index contributed by atoms with van der Waals surface area (Å²) in [6.45, 7) is 6.93. The van der Waals surface area contributed by atoms with Crippen LogP contribution in [-0.4, -0.2) is 60.1 Å². The number of benzene rings is 1. The molecule has 6 heteroatoms. The molecule has 0 aliphatic carbocycles. The Hall–Kier alpha value is -2.24. The van der Waals surface area contributed by atoms with E-state index in [1.807, 2.05) is 40.1 Å². The first-order valence-corrected chi connectivity index (χ1v) is 10.1. The maximum absolute atomic E-state index is 12.6. The molecule has 3 rings (SSSR count). The molecule has 1 aromatic rings. The Labute approximate surface area is 161 Å². The second-order valence-electron chi connectivity index (χ2n) is 7.99. The van der Waals surface area contributed by atoms with Crippen molar-refractivity contribution >= 4 is 11.9 Å². The van der Waals surface area contributed by atoms with Crippen molar-refractivity contribution in [2.45, 2.75) is 51.7 Å². The molecule has 2 saturated heterocycles. The Morgan fingerprint density at radius 3 is 2.41 bits per heavy atom. The molecule has 1 atom stereocenters. The fourth-order valence-corrected chi connectivity index (χ4v) is 3.72. The van der Waals surface area contributed by atoms with Crippen LogP contribution >= 0.6 is 0 Å². The molecule has 6 nitrogen and oxygen atoms in total. The molecule has 2 heterocycles. The number of hydrogen-bond donors (Lipinski definition) is 1. The summed E-state index contributed by atoms with van der Waals surface area (Å²) in [6.07, 6.45) is 3.16. The van der Waals surface area contributed by atoms with Gasteiger partial charge >= 0.3 is 6.03 Å². The number of hydrogen-bond acceptors (Lipinski definition) is 3. The number of para-hydroxylation sites is 1. The van der Waals surface area contributed by atoms with Gasteiger partial charge in [-0.3, -0.25) is 4.79 Å². The van der Waals surface area contributed by atoms with Gasteiger partial charge in [0, 0.05) is 38.5 Å². The van der Waals surface area contributed by atoms with Gasteiger partial charge < -0.3 is 19.9 Å². The van der Waals surface area contributed by atoms with Crippen molar-refractivity contribution in [1.29, 1.82) is 0 Å². The van der Waals surface area contributed by atoms with E-state index in [-0.39, 0.29) is 24.1 Å². The molecule has 2 aliphatic heterocycles. The molecule has 0 aromatic heterocycles. The maximum atomic E-state index is 12.6. The zero-order chi connectivity index (χ0) is 19.2. The van der Waals surface area contributed by atoms with Crippen LogP contribution in [0.15, 0.2) is 30.3 Å². The predicted molar refractivity (Wildman–Crippen MR) is 105 cm³/mol. The van der Waals surface area contributed by atoms with E-state index in [1.54, 1.807) is 0 Å². The first-order chi connectivity index (χ1) is 13.0. The van der Waals surface area contributed by atoms with E-state index in [1.165, 1.54) is 0 Å². The van der Waals surface area contributed by atoms with Crippen molar-refractivity contribution in [2.75, 3.05) is 26.2 Å². The van der Waals surface area contributed by atoms with Gasteiger partial charge in [-0.2, -0.15) is 0 Å². The quantitative estimate of drug-likeness (QED) is 0.863.